The molecule has 1 rings (SSSR count). The highest BCUT2D eigenvalue weighted by molar-refractivity contribution is 6.31. The molecule has 1 aromatic heterocycles. The Morgan fingerprint density at radius 1 is 1.64 bits per heavy atom. The zero-order valence-corrected chi connectivity index (χ0v) is 7.31. The zero-order valence-electron chi connectivity index (χ0n) is 6.56. The summed E-state index contributed by atoms with van der Waals surface area (Å²) in [6, 6.07) is 0. The minimum Gasteiger partial charge on any atom is -0.256 e. The fraction of sp³-hybridized carbons (Fsp3) is 0.375. The van der Waals surface area contributed by atoms with Crippen LogP contribution in [0.2, 0.25) is 5.02 Å². The fourth-order valence-corrected chi connectivity index (χ4v) is 1.05. The van der Waals surface area contributed by atoms with Gasteiger partial charge in [0.25, 0.3) is 0 Å². The summed E-state index contributed by atoms with van der Waals surface area (Å²) in [6.45, 7) is 4.25. The monoisotopic (exact) mass is 168 g/mol. The molecule has 0 saturated heterocycles. The fourth-order valence-electron chi connectivity index (χ4n) is 0.915. The lowest BCUT2D eigenvalue weighted by Gasteiger charge is -1.95. The predicted octanol–water partition coefficient (Wildman–Crippen LogP) is 1.79. The van der Waals surface area contributed by atoms with Crippen molar-refractivity contribution in [3.63, 3.8) is 0 Å². The molecule has 2 nitrogen and oxygen atoms in total. The SMILES string of the molecule is C#CCn1nc(C)c(Cl)c1C. The molecule has 0 aliphatic heterocycles. The molecule has 11 heavy (non-hydrogen) atoms. The number of hydrogen-bond donors (Lipinski definition) is 0. The van der Waals surface area contributed by atoms with Crippen molar-refractivity contribution in [2.45, 2.75) is 20.4 Å². The van der Waals surface area contributed by atoms with Crippen LogP contribution in [0.4, 0.5) is 0 Å². The molecule has 0 amide bonds. The number of aromatic nitrogens is 2. The molecule has 0 aromatic carbocycles. The zero-order chi connectivity index (χ0) is 8.43. The molecular weight excluding hydrogens is 160 g/mol. The van der Waals surface area contributed by atoms with Gasteiger partial charge < -0.3 is 0 Å². The van der Waals surface area contributed by atoms with Gasteiger partial charge in [-0.1, -0.05) is 17.5 Å². The number of aryl methyl sites for hydroxylation is 1. The molecule has 0 N–H and O–H groups in total. The Bertz CT molecular complexity index is 307. The minimum atomic E-state index is 0.486. The van der Waals surface area contributed by atoms with Crippen molar-refractivity contribution in [3.05, 3.63) is 16.4 Å². The highest BCUT2D eigenvalue weighted by Crippen LogP contribution is 2.18. The third kappa shape index (κ3) is 1.38. The molecule has 0 saturated carbocycles. The topological polar surface area (TPSA) is 17.8 Å². The van der Waals surface area contributed by atoms with E-state index in [4.69, 9.17) is 18.0 Å². The van der Waals surface area contributed by atoms with Gasteiger partial charge in [0.15, 0.2) is 0 Å². The van der Waals surface area contributed by atoms with Gasteiger partial charge in [0.1, 0.15) is 6.54 Å². The summed E-state index contributed by atoms with van der Waals surface area (Å²) in [4.78, 5) is 0. The van der Waals surface area contributed by atoms with Gasteiger partial charge in [0.2, 0.25) is 0 Å². The van der Waals surface area contributed by atoms with Crippen molar-refractivity contribution in [1.82, 2.24) is 9.78 Å². The van der Waals surface area contributed by atoms with Crippen molar-refractivity contribution in [2.24, 2.45) is 0 Å². The second-order valence-electron chi connectivity index (χ2n) is 2.35. The van der Waals surface area contributed by atoms with Crippen LogP contribution in [0.5, 0.6) is 0 Å². The maximum absolute atomic E-state index is 5.88. The summed E-state index contributed by atoms with van der Waals surface area (Å²) in [6.07, 6.45) is 5.13. The van der Waals surface area contributed by atoms with Crippen LogP contribution in [-0.2, 0) is 6.54 Å². The average Bonchev–Trinajstić information content (AvgIpc) is 2.19. The van der Waals surface area contributed by atoms with E-state index in [2.05, 4.69) is 11.0 Å². The second kappa shape index (κ2) is 2.98. The highest BCUT2D eigenvalue weighted by Gasteiger charge is 2.06. The quantitative estimate of drug-likeness (QED) is 0.585. The molecule has 58 valence electrons. The summed E-state index contributed by atoms with van der Waals surface area (Å²) in [5, 5.41) is 4.85. The van der Waals surface area contributed by atoms with E-state index in [9.17, 15) is 0 Å². The Labute approximate surface area is 71.2 Å². The Hall–Kier alpha value is -0.940. The van der Waals surface area contributed by atoms with Crippen molar-refractivity contribution < 1.29 is 0 Å². The van der Waals surface area contributed by atoms with Crippen LogP contribution in [0.3, 0.4) is 0 Å². The minimum absolute atomic E-state index is 0.486. The molecule has 0 aliphatic carbocycles. The third-order valence-corrected chi connectivity index (χ3v) is 2.08. The van der Waals surface area contributed by atoms with Gasteiger partial charge in [0.05, 0.1) is 16.4 Å². The molecule has 0 atom stereocenters. The molecule has 0 bridgehead atoms. The number of nitrogens with zero attached hydrogens (tertiary/aromatic N) is 2. The van der Waals surface area contributed by atoms with Crippen molar-refractivity contribution in [2.75, 3.05) is 0 Å². The summed E-state index contributed by atoms with van der Waals surface area (Å²) in [5.41, 5.74) is 1.77. The van der Waals surface area contributed by atoms with Crippen molar-refractivity contribution in [1.29, 1.82) is 0 Å². The van der Waals surface area contributed by atoms with E-state index < -0.39 is 0 Å². The lowest BCUT2D eigenvalue weighted by Crippen LogP contribution is -1.99. The van der Waals surface area contributed by atoms with E-state index in [1.54, 1.807) is 4.68 Å². The lowest BCUT2D eigenvalue weighted by molar-refractivity contribution is 0.684. The molecule has 1 aromatic rings. The Kier molecular flexibility index (Phi) is 2.21. The summed E-state index contributed by atoms with van der Waals surface area (Å²) >= 11 is 5.88. The van der Waals surface area contributed by atoms with E-state index >= 15 is 0 Å². The first-order valence-corrected chi connectivity index (χ1v) is 3.67. The van der Waals surface area contributed by atoms with E-state index in [1.165, 1.54) is 0 Å². The number of hydrogen-bond acceptors (Lipinski definition) is 1. The van der Waals surface area contributed by atoms with Crippen LogP contribution in [0.1, 0.15) is 11.4 Å². The predicted molar refractivity (Wildman–Crippen MR) is 45.5 cm³/mol. The molecule has 0 aliphatic rings. The lowest BCUT2D eigenvalue weighted by atomic mass is 10.4. The van der Waals surface area contributed by atoms with Crippen LogP contribution < -0.4 is 0 Å². The maximum atomic E-state index is 5.88. The summed E-state index contributed by atoms with van der Waals surface area (Å²) < 4.78 is 1.72. The molecule has 0 spiro atoms. The van der Waals surface area contributed by atoms with E-state index in [1.807, 2.05) is 13.8 Å². The largest absolute Gasteiger partial charge is 0.256 e. The summed E-state index contributed by atoms with van der Waals surface area (Å²) in [7, 11) is 0. The first-order valence-electron chi connectivity index (χ1n) is 3.29. The van der Waals surface area contributed by atoms with E-state index in [0.717, 1.165) is 11.4 Å². The van der Waals surface area contributed by atoms with Gasteiger partial charge in [0, 0.05) is 0 Å². The van der Waals surface area contributed by atoms with E-state index in [-0.39, 0.29) is 0 Å². The molecule has 0 unspecified atom stereocenters. The van der Waals surface area contributed by atoms with Gasteiger partial charge in [-0.2, -0.15) is 5.10 Å². The van der Waals surface area contributed by atoms with Crippen LogP contribution in [-0.4, -0.2) is 9.78 Å². The van der Waals surface area contributed by atoms with Crippen LogP contribution in [0.25, 0.3) is 0 Å². The first-order chi connectivity index (χ1) is 5.16. The number of halogens is 1. The number of terminal acetylenes is 1. The van der Waals surface area contributed by atoms with Crippen LogP contribution in [0.15, 0.2) is 0 Å². The molecule has 0 radical (unpaired) electrons. The summed E-state index contributed by atoms with van der Waals surface area (Å²) in [5.74, 6) is 2.51. The standard InChI is InChI=1S/C8H9ClN2/c1-4-5-11-7(3)8(9)6(2)10-11/h1H,5H2,2-3H3. The second-order valence-corrected chi connectivity index (χ2v) is 2.72. The Morgan fingerprint density at radius 3 is 2.64 bits per heavy atom. The normalized spacial score (nSPS) is 9.64. The van der Waals surface area contributed by atoms with Crippen LogP contribution in [0, 0.1) is 26.2 Å². The van der Waals surface area contributed by atoms with Crippen molar-refractivity contribution in [3.8, 4) is 12.3 Å². The van der Waals surface area contributed by atoms with Crippen LogP contribution >= 0.6 is 11.6 Å². The van der Waals surface area contributed by atoms with E-state index in [0.29, 0.717) is 11.6 Å². The Balaban J connectivity index is 3.10. The first kappa shape index (κ1) is 8.16. The average molecular weight is 169 g/mol. The molecular formula is C8H9ClN2. The van der Waals surface area contributed by atoms with Gasteiger partial charge in [-0.25, -0.2) is 0 Å². The van der Waals surface area contributed by atoms with Gasteiger partial charge in [-0.3, -0.25) is 4.68 Å². The van der Waals surface area contributed by atoms with Gasteiger partial charge in [-0.15, -0.1) is 6.42 Å². The number of rotatable bonds is 1. The maximum Gasteiger partial charge on any atom is 0.102 e. The molecule has 0 fully saturated rings. The molecule has 1 heterocycles. The molecule has 3 heteroatoms. The Morgan fingerprint density at radius 2 is 2.27 bits per heavy atom. The third-order valence-electron chi connectivity index (χ3n) is 1.53. The highest BCUT2D eigenvalue weighted by atomic mass is 35.5. The van der Waals surface area contributed by atoms with Crippen molar-refractivity contribution >= 4 is 11.6 Å². The van der Waals surface area contributed by atoms with Gasteiger partial charge >= 0.3 is 0 Å². The smallest absolute Gasteiger partial charge is 0.102 e. The van der Waals surface area contributed by atoms with Gasteiger partial charge in [-0.05, 0) is 13.8 Å².